The van der Waals surface area contributed by atoms with Gasteiger partial charge >= 0.3 is 5.97 Å². The van der Waals surface area contributed by atoms with E-state index in [2.05, 4.69) is 27.4 Å². The quantitative estimate of drug-likeness (QED) is 0.455. The average Bonchev–Trinajstić information content (AvgIpc) is 3.07. The van der Waals surface area contributed by atoms with Gasteiger partial charge in [-0.25, -0.2) is 0 Å². The summed E-state index contributed by atoms with van der Waals surface area (Å²) < 4.78 is 0. The van der Waals surface area contributed by atoms with Gasteiger partial charge in [0.1, 0.15) is 0 Å². The van der Waals surface area contributed by atoms with E-state index >= 15 is 0 Å². The Kier molecular flexibility index (Phi) is 6.59. The molecule has 32 heavy (non-hydrogen) atoms. The lowest BCUT2D eigenvalue weighted by molar-refractivity contribution is -0.221. The van der Waals surface area contributed by atoms with Crippen LogP contribution in [-0.2, 0) is 4.79 Å². The molecular weight excluding hydrogens is 404 g/mol. The summed E-state index contributed by atoms with van der Waals surface area (Å²) in [6.07, 6.45) is 7.50. The molecule has 0 aromatic heterocycles. The molecule has 12 unspecified atom stereocenters. The van der Waals surface area contributed by atoms with Crippen molar-refractivity contribution in [2.75, 3.05) is 0 Å². The summed E-state index contributed by atoms with van der Waals surface area (Å²) in [4.78, 5) is 11.1. The van der Waals surface area contributed by atoms with Crippen LogP contribution in [0.15, 0.2) is 12.7 Å². The van der Waals surface area contributed by atoms with Crippen LogP contribution in [0.2, 0.25) is 0 Å². The summed E-state index contributed by atoms with van der Waals surface area (Å²) in [5, 5.41) is 42.8. The molecule has 0 radical (unpaired) electrons. The first-order valence-corrected chi connectivity index (χ1v) is 12.9. The number of aliphatic carboxylic acids is 1. The maximum absolute atomic E-state index is 11.7. The SMILES string of the molecule is C=CCC1CC(O)CC2CC(O)C3C(CC(O)C4(C)C(C(C)CCC(=O)O)CCC34)C12C. The second-order valence-electron chi connectivity index (χ2n) is 12.2. The van der Waals surface area contributed by atoms with Crippen molar-refractivity contribution in [1.29, 1.82) is 0 Å². The smallest absolute Gasteiger partial charge is 0.303 e. The number of aliphatic hydroxyl groups is 3. The predicted molar refractivity (Wildman–Crippen MR) is 124 cm³/mol. The van der Waals surface area contributed by atoms with E-state index in [1.165, 1.54) is 0 Å². The molecule has 5 nitrogen and oxygen atoms in total. The normalized spacial score (nSPS) is 51.2. The number of carboxylic acids is 1. The minimum absolute atomic E-state index is 0.00730. The van der Waals surface area contributed by atoms with Crippen LogP contribution in [0.25, 0.3) is 0 Å². The molecule has 4 aliphatic carbocycles. The first kappa shape index (κ1) is 24.2. The van der Waals surface area contributed by atoms with Gasteiger partial charge in [-0.3, -0.25) is 4.79 Å². The van der Waals surface area contributed by atoms with Gasteiger partial charge in [-0.1, -0.05) is 26.8 Å². The van der Waals surface area contributed by atoms with Gasteiger partial charge in [0.15, 0.2) is 0 Å². The van der Waals surface area contributed by atoms with E-state index in [0.29, 0.717) is 18.8 Å². The average molecular weight is 449 g/mol. The summed E-state index contributed by atoms with van der Waals surface area (Å²) >= 11 is 0. The van der Waals surface area contributed by atoms with Crippen molar-refractivity contribution in [1.82, 2.24) is 0 Å². The first-order valence-electron chi connectivity index (χ1n) is 12.9. The van der Waals surface area contributed by atoms with E-state index in [4.69, 9.17) is 5.11 Å². The molecular formula is C27H44O5. The maximum atomic E-state index is 11.7. The fourth-order valence-electron chi connectivity index (χ4n) is 9.49. The summed E-state index contributed by atoms with van der Waals surface area (Å²) in [7, 11) is 0. The van der Waals surface area contributed by atoms with Crippen LogP contribution in [0.1, 0.15) is 78.6 Å². The molecule has 5 heteroatoms. The predicted octanol–water partition coefficient (Wildman–Crippen LogP) is 4.25. The largest absolute Gasteiger partial charge is 0.481 e. The van der Waals surface area contributed by atoms with Gasteiger partial charge in [0, 0.05) is 6.42 Å². The Balaban J connectivity index is 1.65. The highest BCUT2D eigenvalue weighted by molar-refractivity contribution is 5.66. The van der Waals surface area contributed by atoms with Crippen LogP contribution in [0.5, 0.6) is 0 Å². The molecule has 4 saturated carbocycles. The molecule has 0 aliphatic heterocycles. The number of carbonyl (C=O) groups is 1. The first-order chi connectivity index (χ1) is 15.0. The second kappa shape index (κ2) is 8.70. The number of fused-ring (bicyclic) bond motifs is 5. The van der Waals surface area contributed by atoms with Crippen LogP contribution < -0.4 is 0 Å². The molecule has 0 amide bonds. The van der Waals surface area contributed by atoms with Crippen molar-refractivity contribution in [2.24, 2.45) is 52.3 Å². The van der Waals surface area contributed by atoms with Gasteiger partial charge < -0.3 is 20.4 Å². The Morgan fingerprint density at radius 3 is 2.44 bits per heavy atom. The Bertz CT molecular complexity index is 723. The van der Waals surface area contributed by atoms with Crippen LogP contribution in [-0.4, -0.2) is 44.7 Å². The molecule has 0 saturated heterocycles. The molecule has 4 N–H and O–H groups in total. The zero-order valence-electron chi connectivity index (χ0n) is 20.1. The molecule has 182 valence electrons. The fourth-order valence-corrected chi connectivity index (χ4v) is 9.49. The highest BCUT2D eigenvalue weighted by Crippen LogP contribution is 2.69. The lowest BCUT2D eigenvalue weighted by atomic mass is 9.40. The van der Waals surface area contributed by atoms with E-state index in [1.807, 2.05) is 6.08 Å². The van der Waals surface area contributed by atoms with Gasteiger partial charge in [-0.15, -0.1) is 6.58 Å². The van der Waals surface area contributed by atoms with Crippen LogP contribution in [0.3, 0.4) is 0 Å². The standard InChI is InChI=1S/C27H44O5/c1-5-6-16-11-18(28)12-17-13-22(29)25-20-9-8-19(15(2)7-10-24(31)32)27(20,4)23(30)14-21(25)26(16,17)3/h5,15-23,25,28-30H,1,6-14H2,2-4H3,(H,31,32). The molecule has 0 spiro atoms. The van der Waals surface area contributed by atoms with E-state index in [9.17, 15) is 20.1 Å². The van der Waals surface area contributed by atoms with Gasteiger partial charge in [-0.05, 0) is 104 Å². The molecule has 0 heterocycles. The number of carboxylic acid groups (broad SMARTS) is 1. The van der Waals surface area contributed by atoms with Gasteiger partial charge in [0.05, 0.1) is 18.3 Å². The Labute approximate surface area is 193 Å². The number of allylic oxidation sites excluding steroid dienone is 1. The lowest BCUT2D eigenvalue weighted by Crippen LogP contribution is -2.64. The monoisotopic (exact) mass is 448 g/mol. The van der Waals surface area contributed by atoms with Gasteiger partial charge in [0.25, 0.3) is 0 Å². The van der Waals surface area contributed by atoms with Crippen LogP contribution in [0.4, 0.5) is 0 Å². The van der Waals surface area contributed by atoms with E-state index in [-0.39, 0.29) is 58.9 Å². The van der Waals surface area contributed by atoms with Crippen LogP contribution in [0, 0.1) is 52.3 Å². The van der Waals surface area contributed by atoms with E-state index in [1.54, 1.807) is 0 Å². The lowest BCUT2D eigenvalue weighted by Gasteiger charge is -2.65. The molecule has 4 fully saturated rings. The molecule has 12 atom stereocenters. The third-order valence-electron chi connectivity index (χ3n) is 11.1. The third-order valence-corrected chi connectivity index (χ3v) is 11.1. The highest BCUT2D eigenvalue weighted by Gasteiger charge is 2.67. The van der Waals surface area contributed by atoms with Crippen LogP contribution >= 0.6 is 0 Å². The van der Waals surface area contributed by atoms with Crippen molar-refractivity contribution in [3.05, 3.63) is 12.7 Å². The summed E-state index contributed by atoms with van der Waals surface area (Å²) in [5.74, 6) is 1.06. The Hall–Kier alpha value is -0.910. The van der Waals surface area contributed by atoms with E-state index < -0.39 is 18.2 Å². The summed E-state index contributed by atoms with van der Waals surface area (Å²) in [6.45, 7) is 10.7. The zero-order valence-corrected chi connectivity index (χ0v) is 20.1. The molecule has 0 bridgehead atoms. The molecule has 0 aromatic carbocycles. The minimum Gasteiger partial charge on any atom is -0.481 e. The number of aliphatic hydroxyl groups excluding tert-OH is 3. The van der Waals surface area contributed by atoms with Crippen molar-refractivity contribution in [3.63, 3.8) is 0 Å². The second-order valence-corrected chi connectivity index (χ2v) is 12.2. The fraction of sp³-hybridized carbons (Fsp3) is 0.889. The Morgan fingerprint density at radius 2 is 1.78 bits per heavy atom. The molecule has 4 rings (SSSR count). The summed E-state index contributed by atoms with van der Waals surface area (Å²) in [6, 6.07) is 0. The van der Waals surface area contributed by atoms with Crippen molar-refractivity contribution >= 4 is 5.97 Å². The van der Waals surface area contributed by atoms with Crippen molar-refractivity contribution in [3.8, 4) is 0 Å². The van der Waals surface area contributed by atoms with Gasteiger partial charge in [-0.2, -0.15) is 0 Å². The Morgan fingerprint density at radius 1 is 1.06 bits per heavy atom. The number of hydrogen-bond donors (Lipinski definition) is 4. The summed E-state index contributed by atoms with van der Waals surface area (Å²) in [5.41, 5.74) is -0.280. The van der Waals surface area contributed by atoms with E-state index in [0.717, 1.165) is 38.5 Å². The van der Waals surface area contributed by atoms with Crippen molar-refractivity contribution in [2.45, 2.75) is 96.9 Å². The third kappa shape index (κ3) is 3.58. The zero-order chi connectivity index (χ0) is 23.4. The highest BCUT2D eigenvalue weighted by atomic mass is 16.4. The molecule has 4 aliphatic rings. The van der Waals surface area contributed by atoms with Crippen molar-refractivity contribution < 1.29 is 25.2 Å². The van der Waals surface area contributed by atoms with Gasteiger partial charge in [0.2, 0.25) is 0 Å². The molecule has 0 aromatic rings. The minimum atomic E-state index is -0.754. The maximum Gasteiger partial charge on any atom is 0.303 e. The number of hydrogen-bond acceptors (Lipinski definition) is 4. The number of rotatable bonds is 6. The topological polar surface area (TPSA) is 98.0 Å².